The van der Waals surface area contributed by atoms with Gasteiger partial charge in [0.2, 0.25) is 5.91 Å². The van der Waals surface area contributed by atoms with Crippen molar-refractivity contribution in [2.45, 2.75) is 25.7 Å². The summed E-state index contributed by atoms with van der Waals surface area (Å²) in [6.07, 6.45) is 1.47. The number of rotatable bonds is 7. The molecule has 2 aromatic carbocycles. The molecule has 1 aliphatic rings. The molecule has 0 aliphatic heterocycles. The number of benzene rings is 2. The first-order chi connectivity index (χ1) is 15.1. The van der Waals surface area contributed by atoms with Crippen molar-refractivity contribution in [1.82, 2.24) is 4.98 Å². The molecule has 7 heteroatoms. The van der Waals surface area contributed by atoms with E-state index in [0.29, 0.717) is 18.0 Å². The van der Waals surface area contributed by atoms with Gasteiger partial charge < -0.3 is 14.4 Å². The monoisotopic (exact) mass is 451 g/mol. The van der Waals surface area contributed by atoms with Gasteiger partial charge in [-0.2, -0.15) is 0 Å². The summed E-state index contributed by atoms with van der Waals surface area (Å²) in [6.45, 7) is 1.03. The van der Waals surface area contributed by atoms with Crippen molar-refractivity contribution in [2.75, 3.05) is 39.6 Å². The second-order valence-electron chi connectivity index (χ2n) is 9.88. The largest absolute Gasteiger partial charge is 0.550 e. The maximum absolute atomic E-state index is 13.6. The average Bonchev–Trinajstić information content (AvgIpc) is 3.31. The highest BCUT2D eigenvalue weighted by Crippen LogP contribution is 2.42. The summed E-state index contributed by atoms with van der Waals surface area (Å²) in [5.74, 6) is -1.42. The third-order valence-electron chi connectivity index (χ3n) is 6.22. The Bertz CT molecular complexity index is 1150. The van der Waals surface area contributed by atoms with Crippen molar-refractivity contribution in [3.8, 4) is 0 Å². The van der Waals surface area contributed by atoms with E-state index in [9.17, 15) is 14.7 Å². The molecule has 0 N–H and O–H groups in total. The molecule has 0 saturated heterocycles. The molecule has 4 rings (SSSR count). The number of fused-ring (bicyclic) bond motifs is 2. The first-order valence-electron chi connectivity index (χ1n) is 10.8. The third kappa shape index (κ3) is 4.54. The van der Waals surface area contributed by atoms with Crippen molar-refractivity contribution in [2.24, 2.45) is 5.41 Å². The molecule has 0 radical (unpaired) electrons. The average molecular weight is 452 g/mol. The SMILES string of the molecule is CN(C(=O)C1(CC(=O)[O-])Cc2ccccc2C1)c1nc2ccc(CC[N+](C)(C)C)cc2s1. The van der Waals surface area contributed by atoms with Gasteiger partial charge in [-0.3, -0.25) is 9.69 Å². The Balaban J connectivity index is 1.60. The molecule has 1 amide bonds. The molecule has 0 spiro atoms. The second kappa shape index (κ2) is 8.30. The summed E-state index contributed by atoms with van der Waals surface area (Å²) in [5.41, 5.74) is 3.12. The summed E-state index contributed by atoms with van der Waals surface area (Å²) < 4.78 is 1.92. The predicted molar refractivity (Wildman–Crippen MR) is 126 cm³/mol. The van der Waals surface area contributed by atoms with Crippen molar-refractivity contribution in [3.05, 3.63) is 59.2 Å². The van der Waals surface area contributed by atoms with Crippen molar-refractivity contribution in [1.29, 1.82) is 0 Å². The second-order valence-corrected chi connectivity index (χ2v) is 10.9. The Morgan fingerprint density at radius 2 is 1.78 bits per heavy atom. The topological polar surface area (TPSA) is 73.3 Å². The molecule has 1 heterocycles. The van der Waals surface area contributed by atoms with E-state index in [4.69, 9.17) is 0 Å². The number of anilines is 1. The molecular weight excluding hydrogens is 422 g/mol. The van der Waals surface area contributed by atoms with E-state index >= 15 is 0 Å². The van der Waals surface area contributed by atoms with Crippen LogP contribution in [0.25, 0.3) is 10.2 Å². The quantitative estimate of drug-likeness (QED) is 0.517. The van der Waals surface area contributed by atoms with Crippen LogP contribution >= 0.6 is 11.3 Å². The van der Waals surface area contributed by atoms with Crippen LogP contribution in [0, 0.1) is 5.41 Å². The summed E-state index contributed by atoms with van der Waals surface area (Å²) in [7, 11) is 8.22. The first kappa shape index (κ1) is 22.4. The molecule has 0 fully saturated rings. The zero-order valence-corrected chi connectivity index (χ0v) is 19.9. The number of hydrogen-bond acceptors (Lipinski definition) is 5. The highest BCUT2D eigenvalue weighted by molar-refractivity contribution is 7.22. The van der Waals surface area contributed by atoms with E-state index < -0.39 is 11.4 Å². The number of carboxylic acid groups (broad SMARTS) is 1. The van der Waals surface area contributed by atoms with Crippen LogP contribution in [0.5, 0.6) is 0 Å². The fraction of sp³-hybridized carbons (Fsp3) is 0.400. The minimum atomic E-state index is -1.20. The number of aliphatic carboxylic acids is 1. The molecule has 168 valence electrons. The molecule has 1 aromatic heterocycles. The Labute approximate surface area is 192 Å². The van der Waals surface area contributed by atoms with Gasteiger partial charge in [0.15, 0.2) is 5.13 Å². The maximum atomic E-state index is 13.6. The Morgan fingerprint density at radius 1 is 1.12 bits per heavy atom. The van der Waals surface area contributed by atoms with Gasteiger partial charge in [-0.1, -0.05) is 41.7 Å². The van der Waals surface area contributed by atoms with Crippen LogP contribution in [0.1, 0.15) is 23.1 Å². The van der Waals surface area contributed by atoms with Gasteiger partial charge in [0.1, 0.15) is 0 Å². The van der Waals surface area contributed by atoms with Gasteiger partial charge in [0.25, 0.3) is 0 Å². The predicted octanol–water partition coefficient (Wildman–Crippen LogP) is 2.43. The highest BCUT2D eigenvalue weighted by Gasteiger charge is 2.45. The van der Waals surface area contributed by atoms with Crippen LogP contribution in [-0.4, -0.2) is 56.1 Å². The number of carbonyl (C=O) groups is 2. The van der Waals surface area contributed by atoms with E-state index in [1.54, 1.807) is 7.05 Å². The van der Waals surface area contributed by atoms with E-state index in [1.807, 2.05) is 30.3 Å². The van der Waals surface area contributed by atoms with Crippen LogP contribution in [0.4, 0.5) is 5.13 Å². The van der Waals surface area contributed by atoms with Gasteiger partial charge in [0.05, 0.1) is 43.3 Å². The van der Waals surface area contributed by atoms with Crippen LogP contribution in [0.3, 0.4) is 0 Å². The highest BCUT2D eigenvalue weighted by atomic mass is 32.1. The fourth-order valence-corrected chi connectivity index (χ4v) is 5.47. The number of thiazole rings is 1. The van der Waals surface area contributed by atoms with Crippen molar-refractivity contribution < 1.29 is 19.2 Å². The van der Waals surface area contributed by atoms with Crippen LogP contribution in [0.15, 0.2) is 42.5 Å². The lowest BCUT2D eigenvalue weighted by Crippen LogP contribution is -2.46. The Morgan fingerprint density at radius 3 is 2.38 bits per heavy atom. The Kier molecular flexibility index (Phi) is 5.81. The summed E-state index contributed by atoms with van der Waals surface area (Å²) >= 11 is 1.47. The summed E-state index contributed by atoms with van der Waals surface area (Å²) in [4.78, 5) is 31.4. The molecule has 6 nitrogen and oxygen atoms in total. The van der Waals surface area contributed by atoms with Crippen LogP contribution in [0.2, 0.25) is 0 Å². The van der Waals surface area contributed by atoms with Crippen molar-refractivity contribution in [3.63, 3.8) is 0 Å². The molecule has 0 atom stereocenters. The number of carbonyl (C=O) groups excluding carboxylic acids is 2. The molecule has 1 aliphatic carbocycles. The number of hydrogen-bond donors (Lipinski definition) is 0. The van der Waals surface area contributed by atoms with E-state index in [0.717, 1.165) is 38.8 Å². The lowest BCUT2D eigenvalue weighted by molar-refractivity contribution is -0.870. The molecule has 0 bridgehead atoms. The van der Waals surface area contributed by atoms with Crippen molar-refractivity contribution >= 4 is 38.6 Å². The van der Waals surface area contributed by atoms with Gasteiger partial charge >= 0.3 is 0 Å². The normalized spacial score (nSPS) is 15.0. The summed E-state index contributed by atoms with van der Waals surface area (Å²) in [5, 5.41) is 12.2. The van der Waals surface area contributed by atoms with Gasteiger partial charge in [-0.15, -0.1) is 0 Å². The van der Waals surface area contributed by atoms with Gasteiger partial charge in [-0.25, -0.2) is 4.98 Å². The lowest BCUT2D eigenvalue weighted by atomic mass is 9.80. The molecule has 0 unspecified atom stereocenters. The zero-order valence-electron chi connectivity index (χ0n) is 19.1. The standard InChI is InChI=1S/C25H29N3O3S/c1-27(23(31)25(16-22(29)30)14-18-7-5-6-8-19(18)15-25)24-26-20-10-9-17(13-21(20)32-24)11-12-28(2,3)4/h5-10,13H,11-12,14-16H2,1-4H3. The minimum absolute atomic E-state index is 0.220. The van der Waals surface area contributed by atoms with E-state index in [-0.39, 0.29) is 12.3 Å². The lowest BCUT2D eigenvalue weighted by Gasteiger charge is -2.31. The molecule has 0 saturated carbocycles. The molecular formula is C25H29N3O3S. The zero-order chi connectivity index (χ0) is 23.1. The minimum Gasteiger partial charge on any atom is -0.550 e. The molecule has 32 heavy (non-hydrogen) atoms. The number of quaternary nitrogens is 1. The summed E-state index contributed by atoms with van der Waals surface area (Å²) in [6, 6.07) is 14.0. The van der Waals surface area contributed by atoms with E-state index in [2.05, 4.69) is 38.3 Å². The number of aromatic nitrogens is 1. The number of carboxylic acids is 1. The maximum Gasteiger partial charge on any atom is 0.235 e. The number of amides is 1. The Hall–Kier alpha value is -2.77. The van der Waals surface area contributed by atoms with Gasteiger partial charge in [0, 0.05) is 25.9 Å². The molecule has 3 aromatic rings. The third-order valence-corrected chi connectivity index (χ3v) is 7.31. The fourth-order valence-electron chi connectivity index (χ4n) is 4.49. The number of likely N-dealkylation sites (N-methyl/N-ethyl adjacent to an activating group) is 1. The smallest absolute Gasteiger partial charge is 0.235 e. The van der Waals surface area contributed by atoms with Gasteiger partial charge in [-0.05, 0) is 41.7 Å². The van der Waals surface area contributed by atoms with Crippen LogP contribution < -0.4 is 10.0 Å². The number of nitrogens with zero attached hydrogens (tertiary/aromatic N) is 3. The van der Waals surface area contributed by atoms with E-state index in [1.165, 1.54) is 21.8 Å². The van der Waals surface area contributed by atoms with Crippen LogP contribution in [-0.2, 0) is 28.9 Å². The first-order valence-corrected chi connectivity index (χ1v) is 11.6.